The molecule has 4 rings (SSSR count). The molecule has 0 saturated heterocycles. The lowest BCUT2D eigenvalue weighted by Crippen LogP contribution is -2.37. The highest BCUT2D eigenvalue weighted by atomic mass is 19.4. The summed E-state index contributed by atoms with van der Waals surface area (Å²) in [5.41, 5.74) is 0.798. The number of fused-ring (bicyclic) bond motifs is 1. The van der Waals surface area contributed by atoms with Crippen LogP contribution in [0.3, 0.4) is 0 Å². The normalized spacial score (nSPS) is 22.1. The number of hydrogen-bond acceptors (Lipinski definition) is 4. The molecule has 2 N–H and O–H groups in total. The van der Waals surface area contributed by atoms with Gasteiger partial charge in [0.25, 0.3) is 5.91 Å². The Morgan fingerprint density at radius 1 is 1.31 bits per heavy atom. The Morgan fingerprint density at radius 3 is 2.76 bits per heavy atom. The summed E-state index contributed by atoms with van der Waals surface area (Å²) in [6.45, 7) is 0. The zero-order chi connectivity index (χ0) is 20.6. The lowest BCUT2D eigenvalue weighted by molar-refractivity contribution is -0.173. The minimum Gasteiger partial charge on any atom is -0.497 e. The fraction of sp³-hybridized carbons (Fsp3) is 0.500. The second-order valence-corrected chi connectivity index (χ2v) is 7.57. The van der Waals surface area contributed by atoms with E-state index in [-0.39, 0.29) is 23.8 Å². The molecule has 1 aliphatic heterocycles. The van der Waals surface area contributed by atoms with E-state index in [0.29, 0.717) is 11.3 Å². The molecule has 2 heterocycles. The van der Waals surface area contributed by atoms with Crippen LogP contribution in [0.4, 0.5) is 19.0 Å². The van der Waals surface area contributed by atoms with Gasteiger partial charge < -0.3 is 15.4 Å². The van der Waals surface area contributed by atoms with Crippen LogP contribution in [0, 0.1) is 0 Å². The third kappa shape index (κ3) is 3.90. The van der Waals surface area contributed by atoms with Gasteiger partial charge in [0.15, 0.2) is 6.04 Å². The Morgan fingerprint density at radius 2 is 2.07 bits per heavy atom. The number of hydrogen-bond donors (Lipinski definition) is 2. The van der Waals surface area contributed by atoms with Crippen LogP contribution in [0.2, 0.25) is 0 Å². The van der Waals surface area contributed by atoms with Crippen molar-refractivity contribution in [1.82, 2.24) is 15.1 Å². The number of methoxy groups -OCH3 is 1. The first-order chi connectivity index (χ1) is 13.9. The van der Waals surface area contributed by atoms with E-state index in [9.17, 15) is 18.0 Å². The summed E-state index contributed by atoms with van der Waals surface area (Å²) in [6, 6.07) is 4.54. The van der Waals surface area contributed by atoms with Crippen molar-refractivity contribution in [3.8, 4) is 5.75 Å². The van der Waals surface area contributed by atoms with Gasteiger partial charge in [-0.05, 0) is 30.5 Å². The van der Waals surface area contributed by atoms with E-state index in [4.69, 9.17) is 4.74 Å². The van der Waals surface area contributed by atoms with Crippen molar-refractivity contribution in [3.05, 3.63) is 41.6 Å². The fourth-order valence-corrected chi connectivity index (χ4v) is 4.14. The molecule has 29 heavy (non-hydrogen) atoms. The van der Waals surface area contributed by atoms with E-state index in [1.807, 2.05) is 0 Å². The molecule has 0 bridgehead atoms. The van der Waals surface area contributed by atoms with Gasteiger partial charge in [-0.3, -0.25) is 4.79 Å². The molecule has 0 radical (unpaired) electrons. The first-order valence-electron chi connectivity index (χ1n) is 9.72. The maximum atomic E-state index is 13.8. The van der Waals surface area contributed by atoms with Gasteiger partial charge in [-0.15, -0.1) is 0 Å². The predicted octanol–water partition coefficient (Wildman–Crippen LogP) is 4.22. The van der Waals surface area contributed by atoms with Gasteiger partial charge in [-0.2, -0.15) is 18.3 Å². The van der Waals surface area contributed by atoms with Crippen LogP contribution >= 0.6 is 0 Å². The molecule has 6 nitrogen and oxygen atoms in total. The number of benzene rings is 1. The van der Waals surface area contributed by atoms with Gasteiger partial charge in [-0.1, -0.05) is 25.0 Å². The maximum absolute atomic E-state index is 13.8. The molecule has 2 aliphatic rings. The van der Waals surface area contributed by atoms with Gasteiger partial charge >= 0.3 is 6.18 Å². The zero-order valence-corrected chi connectivity index (χ0v) is 16.0. The number of amides is 1. The summed E-state index contributed by atoms with van der Waals surface area (Å²) in [6.07, 6.45) is 0.376. The first kappa shape index (κ1) is 19.6. The second kappa shape index (κ2) is 7.61. The molecule has 156 valence electrons. The number of aromatic nitrogens is 2. The van der Waals surface area contributed by atoms with E-state index >= 15 is 0 Å². The number of nitrogens with one attached hydrogen (secondary N) is 2. The van der Waals surface area contributed by atoms with Crippen molar-refractivity contribution in [3.63, 3.8) is 0 Å². The lowest BCUT2D eigenvalue weighted by Gasteiger charge is -2.34. The first-order valence-corrected chi connectivity index (χ1v) is 9.72. The topological polar surface area (TPSA) is 68.2 Å². The quantitative estimate of drug-likeness (QED) is 0.795. The minimum atomic E-state index is -4.49. The molecule has 1 saturated carbocycles. The van der Waals surface area contributed by atoms with Crippen LogP contribution in [-0.2, 0) is 0 Å². The zero-order valence-electron chi connectivity index (χ0n) is 16.0. The average Bonchev–Trinajstić information content (AvgIpc) is 3.36. The highest BCUT2D eigenvalue weighted by Gasteiger charge is 2.47. The molecule has 2 aromatic rings. The van der Waals surface area contributed by atoms with Crippen molar-refractivity contribution >= 4 is 11.7 Å². The number of nitrogens with zero attached hydrogens (tertiary/aromatic N) is 2. The number of anilines is 1. The average molecular weight is 408 g/mol. The molecular formula is C20H23F3N4O2. The van der Waals surface area contributed by atoms with E-state index in [0.717, 1.165) is 30.4 Å². The second-order valence-electron chi connectivity index (χ2n) is 7.57. The minimum absolute atomic E-state index is 0.0641. The summed E-state index contributed by atoms with van der Waals surface area (Å²) in [4.78, 5) is 12.7. The van der Waals surface area contributed by atoms with Crippen LogP contribution < -0.4 is 15.4 Å². The molecule has 1 amide bonds. The number of halogens is 3. The van der Waals surface area contributed by atoms with Gasteiger partial charge in [-0.25, -0.2) is 4.68 Å². The summed E-state index contributed by atoms with van der Waals surface area (Å²) in [5.74, 6) is 0.269. The number of rotatable bonds is 4. The van der Waals surface area contributed by atoms with E-state index in [1.165, 1.54) is 13.3 Å². The highest BCUT2D eigenvalue weighted by Crippen LogP contribution is 2.44. The van der Waals surface area contributed by atoms with Gasteiger partial charge in [0.2, 0.25) is 0 Å². The smallest absolute Gasteiger partial charge is 0.410 e. The van der Waals surface area contributed by atoms with Crippen LogP contribution in [0.25, 0.3) is 0 Å². The number of ether oxygens (including phenoxy) is 1. The van der Waals surface area contributed by atoms with E-state index in [1.54, 1.807) is 24.3 Å². The standard InChI is InChI=1S/C20H23F3N4O2/c1-29-14-8-4-5-12(9-14)16-10-17(20(21,22)23)27-18(26-16)15(11-24-27)19(28)25-13-6-2-3-7-13/h4-5,8-9,11,13,16-17,26H,2-3,6-7,10H2,1H3,(H,25,28)/t16-,17-/m0/s1. The third-order valence-corrected chi connectivity index (χ3v) is 5.67. The number of carbonyl (C=O) groups excluding carboxylic acids is 1. The van der Waals surface area contributed by atoms with Crippen LogP contribution in [0.5, 0.6) is 5.75 Å². The van der Waals surface area contributed by atoms with Crippen molar-refractivity contribution in [2.75, 3.05) is 12.4 Å². The molecule has 0 spiro atoms. The molecule has 2 atom stereocenters. The Balaban J connectivity index is 1.67. The Bertz CT molecular complexity index is 890. The lowest BCUT2D eigenvalue weighted by atomic mass is 9.96. The predicted molar refractivity (Wildman–Crippen MR) is 101 cm³/mol. The summed E-state index contributed by atoms with van der Waals surface area (Å²) < 4.78 is 47.4. The van der Waals surface area contributed by atoms with Crippen molar-refractivity contribution in [1.29, 1.82) is 0 Å². The van der Waals surface area contributed by atoms with Crippen LogP contribution in [0.1, 0.15) is 60.1 Å². The monoisotopic (exact) mass is 408 g/mol. The van der Waals surface area contributed by atoms with Crippen LogP contribution in [-0.4, -0.2) is 35.0 Å². The molecule has 1 aliphatic carbocycles. The number of alkyl halides is 3. The largest absolute Gasteiger partial charge is 0.497 e. The Labute approximate surface area is 166 Å². The van der Waals surface area contributed by atoms with Crippen molar-refractivity contribution in [2.24, 2.45) is 0 Å². The summed E-state index contributed by atoms with van der Waals surface area (Å²) in [5, 5.41) is 9.94. The Hall–Kier alpha value is -2.71. The molecule has 0 unspecified atom stereocenters. The molecule has 1 fully saturated rings. The maximum Gasteiger partial charge on any atom is 0.410 e. The highest BCUT2D eigenvalue weighted by molar-refractivity contribution is 5.99. The fourth-order valence-electron chi connectivity index (χ4n) is 4.14. The number of carbonyl (C=O) groups is 1. The summed E-state index contributed by atoms with van der Waals surface area (Å²) in [7, 11) is 1.51. The van der Waals surface area contributed by atoms with Gasteiger partial charge in [0.05, 0.1) is 19.3 Å². The van der Waals surface area contributed by atoms with Crippen LogP contribution in [0.15, 0.2) is 30.5 Å². The van der Waals surface area contributed by atoms with Crippen molar-refractivity contribution in [2.45, 2.75) is 56.4 Å². The Kier molecular flexibility index (Phi) is 5.14. The van der Waals surface area contributed by atoms with E-state index < -0.39 is 24.2 Å². The third-order valence-electron chi connectivity index (χ3n) is 5.67. The molecule has 9 heteroatoms. The molecule has 1 aromatic carbocycles. The molecular weight excluding hydrogens is 385 g/mol. The van der Waals surface area contributed by atoms with E-state index in [2.05, 4.69) is 15.7 Å². The van der Waals surface area contributed by atoms with Gasteiger partial charge in [0, 0.05) is 12.5 Å². The van der Waals surface area contributed by atoms with Gasteiger partial charge in [0.1, 0.15) is 17.1 Å². The van der Waals surface area contributed by atoms with Crippen molar-refractivity contribution < 1.29 is 22.7 Å². The summed E-state index contributed by atoms with van der Waals surface area (Å²) >= 11 is 0. The SMILES string of the molecule is COc1cccc([C@@H]2C[C@@H](C(F)(F)F)n3ncc(C(=O)NC4CCCC4)c3N2)c1. The molecule has 1 aromatic heterocycles.